The second-order valence-electron chi connectivity index (χ2n) is 5.85. The monoisotopic (exact) mass is 448 g/mol. The van der Waals surface area contributed by atoms with E-state index in [1.165, 1.54) is 17.4 Å². The zero-order chi connectivity index (χ0) is 21.1. The van der Waals surface area contributed by atoms with Gasteiger partial charge in [0.15, 0.2) is 28.2 Å². The lowest BCUT2D eigenvalue weighted by Crippen LogP contribution is -2.37. The van der Waals surface area contributed by atoms with Gasteiger partial charge >= 0.3 is 12.0 Å². The first-order valence-corrected chi connectivity index (χ1v) is 9.72. The van der Waals surface area contributed by atoms with Crippen LogP contribution in [0.2, 0.25) is 5.15 Å². The highest BCUT2D eigenvalue weighted by atomic mass is 35.5. The highest BCUT2D eigenvalue weighted by Crippen LogP contribution is 2.34. The number of amides is 3. The highest BCUT2D eigenvalue weighted by Gasteiger charge is 2.15. The van der Waals surface area contributed by atoms with E-state index in [1.807, 2.05) is 5.38 Å². The number of benzene rings is 1. The number of nitrogens with one attached hydrogen (secondary N) is 2. The second kappa shape index (κ2) is 8.43. The number of aromatic nitrogens is 2. The fraction of sp³-hybridized carbons (Fsp3) is 0.111. The number of rotatable bonds is 5. The van der Waals surface area contributed by atoms with Gasteiger partial charge in [0.05, 0.1) is 5.69 Å². The molecule has 0 aliphatic carbocycles. The number of thiazole rings is 1. The molecule has 0 radical (unpaired) electrons. The fourth-order valence-corrected chi connectivity index (χ4v) is 3.56. The minimum absolute atomic E-state index is 0.106. The summed E-state index contributed by atoms with van der Waals surface area (Å²) in [6, 6.07) is 4.00. The van der Waals surface area contributed by atoms with Gasteiger partial charge in [0.1, 0.15) is 0 Å². The summed E-state index contributed by atoms with van der Waals surface area (Å²) in [6.07, 6.45) is 4.31. The molecule has 1 aromatic carbocycles. The third-order valence-corrected chi connectivity index (χ3v) is 4.90. The number of imidazole rings is 1. The van der Waals surface area contributed by atoms with Gasteiger partial charge in [0.25, 0.3) is 5.91 Å². The molecule has 3 heterocycles. The molecule has 0 atom stereocenters. The molecule has 2 N–H and O–H groups in total. The van der Waals surface area contributed by atoms with Crippen molar-refractivity contribution in [3.05, 3.63) is 46.7 Å². The Morgan fingerprint density at radius 2 is 2.13 bits per heavy atom. The molecule has 3 amide bonds. The number of anilines is 1. The van der Waals surface area contributed by atoms with Crippen LogP contribution < -0.4 is 20.1 Å². The van der Waals surface area contributed by atoms with Gasteiger partial charge in [0, 0.05) is 29.4 Å². The molecular weight excluding hydrogens is 436 g/mol. The average Bonchev–Trinajstić information content (AvgIpc) is 3.41. The van der Waals surface area contributed by atoms with E-state index in [-0.39, 0.29) is 11.9 Å². The van der Waals surface area contributed by atoms with Gasteiger partial charge in [0.2, 0.25) is 6.79 Å². The Hall–Kier alpha value is -3.57. The molecule has 3 aromatic rings. The molecule has 10 nitrogen and oxygen atoms in total. The summed E-state index contributed by atoms with van der Waals surface area (Å²) in [7, 11) is 0. The molecule has 12 heteroatoms. The van der Waals surface area contributed by atoms with Gasteiger partial charge in [-0.15, -0.1) is 11.3 Å². The zero-order valence-electron chi connectivity index (χ0n) is 15.1. The normalized spacial score (nSPS) is 12.3. The van der Waals surface area contributed by atoms with Gasteiger partial charge in [-0.2, -0.15) is 0 Å². The van der Waals surface area contributed by atoms with Gasteiger partial charge in [-0.1, -0.05) is 11.6 Å². The number of fused-ring (bicyclic) bond motifs is 2. The van der Waals surface area contributed by atoms with Crippen LogP contribution in [0.3, 0.4) is 0 Å². The van der Waals surface area contributed by atoms with Gasteiger partial charge in [-0.25, -0.2) is 14.6 Å². The van der Waals surface area contributed by atoms with Crippen molar-refractivity contribution in [3.63, 3.8) is 0 Å². The van der Waals surface area contributed by atoms with E-state index in [0.29, 0.717) is 27.8 Å². The molecular formula is C18H13ClN4O6S. The summed E-state index contributed by atoms with van der Waals surface area (Å²) < 4.78 is 16.9. The maximum atomic E-state index is 11.9. The van der Waals surface area contributed by atoms with E-state index < -0.39 is 24.5 Å². The lowest BCUT2D eigenvalue weighted by atomic mass is 10.3. The molecule has 2 aromatic heterocycles. The Morgan fingerprint density at radius 3 is 3.00 bits per heavy atom. The van der Waals surface area contributed by atoms with Gasteiger partial charge in [-0.05, 0) is 18.2 Å². The van der Waals surface area contributed by atoms with Crippen molar-refractivity contribution in [2.45, 2.75) is 0 Å². The molecule has 0 bridgehead atoms. The van der Waals surface area contributed by atoms with Crippen LogP contribution in [-0.2, 0) is 14.3 Å². The van der Waals surface area contributed by atoms with Crippen LogP contribution >= 0.6 is 22.9 Å². The quantitative estimate of drug-likeness (QED) is 0.454. The Bertz CT molecular complexity index is 1170. The Labute approximate surface area is 178 Å². The third kappa shape index (κ3) is 4.36. The van der Waals surface area contributed by atoms with Crippen molar-refractivity contribution >= 4 is 57.6 Å². The van der Waals surface area contributed by atoms with Gasteiger partial charge < -0.3 is 19.5 Å². The second-order valence-corrected chi connectivity index (χ2v) is 7.09. The first kappa shape index (κ1) is 19.7. The maximum Gasteiger partial charge on any atom is 0.331 e. The largest absolute Gasteiger partial charge is 0.454 e. The van der Waals surface area contributed by atoms with E-state index in [2.05, 4.69) is 15.6 Å². The Balaban J connectivity index is 1.25. The number of urea groups is 1. The number of hydrogen-bond donors (Lipinski definition) is 2. The predicted molar refractivity (Wildman–Crippen MR) is 108 cm³/mol. The molecule has 1 aliphatic rings. The summed E-state index contributed by atoms with van der Waals surface area (Å²) in [5, 5.41) is 6.59. The number of imide groups is 1. The van der Waals surface area contributed by atoms with Crippen molar-refractivity contribution in [3.8, 4) is 11.5 Å². The van der Waals surface area contributed by atoms with Crippen LogP contribution in [0.15, 0.2) is 35.9 Å². The van der Waals surface area contributed by atoms with Crippen LogP contribution in [-0.4, -0.2) is 40.7 Å². The van der Waals surface area contributed by atoms with Crippen LogP contribution in [0.1, 0.15) is 5.69 Å². The van der Waals surface area contributed by atoms with E-state index in [9.17, 15) is 14.4 Å². The number of halogens is 1. The number of nitrogens with zero attached hydrogens (tertiary/aromatic N) is 2. The fourth-order valence-electron chi connectivity index (χ4n) is 2.56. The van der Waals surface area contributed by atoms with Crippen LogP contribution in [0, 0.1) is 0 Å². The van der Waals surface area contributed by atoms with Crippen LogP contribution in [0.5, 0.6) is 11.5 Å². The van der Waals surface area contributed by atoms with Gasteiger partial charge in [-0.3, -0.25) is 14.5 Å². The maximum absolute atomic E-state index is 11.9. The minimum Gasteiger partial charge on any atom is -0.454 e. The topological polar surface area (TPSA) is 120 Å². The molecule has 4 rings (SSSR count). The zero-order valence-corrected chi connectivity index (χ0v) is 16.7. The third-order valence-electron chi connectivity index (χ3n) is 3.86. The molecule has 0 unspecified atom stereocenters. The molecule has 1 aliphatic heterocycles. The van der Waals surface area contributed by atoms with E-state index >= 15 is 0 Å². The number of hydrogen-bond acceptors (Lipinski definition) is 8. The first-order chi connectivity index (χ1) is 14.5. The number of carbonyl (C=O) groups is 3. The van der Waals surface area contributed by atoms with Crippen LogP contribution in [0.25, 0.3) is 11.0 Å². The first-order valence-electron chi connectivity index (χ1n) is 8.46. The van der Waals surface area contributed by atoms with E-state index in [0.717, 1.165) is 6.08 Å². The molecule has 0 saturated carbocycles. The van der Waals surface area contributed by atoms with E-state index in [1.54, 1.807) is 28.8 Å². The summed E-state index contributed by atoms with van der Waals surface area (Å²) in [4.78, 5) is 40.3. The van der Waals surface area contributed by atoms with Crippen molar-refractivity contribution in [2.24, 2.45) is 0 Å². The smallest absolute Gasteiger partial charge is 0.331 e. The summed E-state index contributed by atoms with van der Waals surface area (Å²) in [5.74, 6) is -0.521. The van der Waals surface area contributed by atoms with E-state index in [4.69, 9.17) is 25.8 Å². The summed E-state index contributed by atoms with van der Waals surface area (Å²) in [5.41, 5.74) is 0.916. The Kier molecular flexibility index (Phi) is 5.55. The Morgan fingerprint density at radius 1 is 1.30 bits per heavy atom. The molecule has 0 spiro atoms. The van der Waals surface area contributed by atoms with Crippen molar-refractivity contribution in [1.29, 1.82) is 0 Å². The standard InChI is InChI=1S/C18H13ClN4O6S/c19-16-11(23-5-6-30-18(23)22-16)2-4-15(25)27-8-14(24)21-17(26)20-10-1-3-12-13(7-10)29-9-28-12/h1-7H,8-9H2,(H2,20,21,24,26). The highest BCUT2D eigenvalue weighted by molar-refractivity contribution is 7.15. The average molecular weight is 449 g/mol. The SMILES string of the molecule is O=C(COC(=O)C=Cc1c(Cl)nc2sccn12)NC(=O)Nc1ccc2c(c1)OCO2. The van der Waals surface area contributed by atoms with Crippen molar-refractivity contribution < 1.29 is 28.6 Å². The lowest BCUT2D eigenvalue weighted by Gasteiger charge is -2.07. The lowest BCUT2D eigenvalue weighted by molar-refractivity contribution is -0.143. The summed E-state index contributed by atoms with van der Waals surface area (Å²) >= 11 is 7.42. The number of carbonyl (C=O) groups excluding carboxylic acids is 3. The molecule has 154 valence electrons. The molecule has 0 saturated heterocycles. The van der Waals surface area contributed by atoms with Crippen molar-refractivity contribution in [1.82, 2.24) is 14.7 Å². The van der Waals surface area contributed by atoms with Crippen LogP contribution in [0.4, 0.5) is 10.5 Å². The minimum atomic E-state index is -0.794. The molecule has 30 heavy (non-hydrogen) atoms. The summed E-state index contributed by atoms with van der Waals surface area (Å²) in [6.45, 7) is -0.527. The number of ether oxygens (including phenoxy) is 3. The predicted octanol–water partition coefficient (Wildman–Crippen LogP) is 2.68. The number of esters is 1. The molecule has 0 fully saturated rings. The van der Waals surface area contributed by atoms with Crippen molar-refractivity contribution in [2.75, 3.05) is 18.7 Å².